The average molecular weight is 250 g/mol. The number of hydrogen-bond acceptors (Lipinski definition) is 4. The molecule has 3 aromatic rings. The van der Waals surface area contributed by atoms with E-state index in [1.54, 1.807) is 12.5 Å². The maximum atomic E-state index is 9.91. The van der Waals surface area contributed by atoms with E-state index in [9.17, 15) is 5.11 Å². The zero-order valence-corrected chi connectivity index (χ0v) is 10.00. The normalized spacial score (nSPS) is 14.0. The van der Waals surface area contributed by atoms with Gasteiger partial charge in [0.1, 0.15) is 24.0 Å². The molecule has 4 heteroatoms. The smallest absolute Gasteiger partial charge is 0.145 e. The molecule has 0 amide bonds. The summed E-state index contributed by atoms with van der Waals surface area (Å²) < 4.78 is 5.16. The number of rotatable bonds is 0. The first-order valence-electron chi connectivity index (χ1n) is 6.01. The van der Waals surface area contributed by atoms with Gasteiger partial charge in [-0.25, -0.2) is 4.98 Å². The molecule has 0 aliphatic carbocycles. The van der Waals surface area contributed by atoms with Crippen LogP contribution >= 0.6 is 0 Å². The lowest BCUT2D eigenvalue weighted by Crippen LogP contribution is -2.34. The van der Waals surface area contributed by atoms with Gasteiger partial charge in [-0.05, 0) is 24.3 Å². The molecule has 0 unspecified atom stereocenters. The quantitative estimate of drug-likeness (QED) is 0.609. The molecule has 1 aliphatic rings. The number of hydrogen-bond donors (Lipinski definition) is 1. The third-order valence-electron chi connectivity index (χ3n) is 3.34. The van der Waals surface area contributed by atoms with Crippen molar-refractivity contribution in [2.75, 3.05) is 6.61 Å². The highest BCUT2D eigenvalue weighted by Gasteiger charge is 2.08. The fourth-order valence-electron chi connectivity index (χ4n) is 2.42. The minimum Gasteiger partial charge on any atom is -0.508 e. The zero-order valence-electron chi connectivity index (χ0n) is 10.00. The van der Waals surface area contributed by atoms with Crippen LogP contribution in [0.3, 0.4) is 0 Å². The lowest BCUT2D eigenvalue weighted by atomic mass is 10.1. The Hall–Kier alpha value is -2.62. The van der Waals surface area contributed by atoms with E-state index in [1.165, 1.54) is 0 Å². The molecule has 3 heterocycles. The Morgan fingerprint density at radius 3 is 2.95 bits per heavy atom. The number of nitrogens with zero attached hydrogens (tertiary/aromatic N) is 2. The summed E-state index contributed by atoms with van der Waals surface area (Å²) in [5.41, 5.74) is 1.79. The number of aliphatic hydroxyl groups is 1. The van der Waals surface area contributed by atoms with E-state index in [2.05, 4.69) is 9.97 Å². The van der Waals surface area contributed by atoms with E-state index in [4.69, 9.17) is 4.74 Å². The van der Waals surface area contributed by atoms with Crippen LogP contribution in [0.15, 0.2) is 36.5 Å². The van der Waals surface area contributed by atoms with Crippen LogP contribution in [0, 0.1) is 0 Å². The van der Waals surface area contributed by atoms with Gasteiger partial charge in [0, 0.05) is 22.2 Å². The number of ether oxygens (including phenoxy) is 1. The van der Waals surface area contributed by atoms with Crippen molar-refractivity contribution in [3.8, 4) is 0 Å². The predicted octanol–water partition coefficient (Wildman–Crippen LogP) is 1.22. The summed E-state index contributed by atoms with van der Waals surface area (Å²) in [6, 6.07) is 9.75. The fraction of sp³-hybridized carbons (Fsp3) is 0.0667. The molecule has 92 valence electrons. The molecular formula is C15H10N2O2. The van der Waals surface area contributed by atoms with Crippen LogP contribution in [0.1, 0.15) is 0 Å². The van der Waals surface area contributed by atoms with Gasteiger partial charge < -0.3 is 9.84 Å². The number of aliphatic hydroxyl groups excluding tert-OH is 1. The Bertz CT molecular complexity index is 932. The largest absolute Gasteiger partial charge is 0.508 e. The van der Waals surface area contributed by atoms with Crippen LogP contribution in [-0.4, -0.2) is 21.7 Å². The molecule has 1 N–H and O–H groups in total. The monoisotopic (exact) mass is 250 g/mol. The Morgan fingerprint density at radius 2 is 2.00 bits per heavy atom. The second kappa shape index (κ2) is 3.68. The first-order valence-corrected chi connectivity index (χ1v) is 6.01. The second-order valence-corrected chi connectivity index (χ2v) is 4.50. The summed E-state index contributed by atoms with van der Waals surface area (Å²) in [6.45, 7) is 0.198. The Kier molecular flexibility index (Phi) is 2.00. The lowest BCUT2D eigenvalue weighted by Gasteiger charge is -2.08. The third kappa shape index (κ3) is 1.46. The highest BCUT2D eigenvalue weighted by molar-refractivity contribution is 6.04. The molecule has 1 aliphatic heterocycles. The van der Waals surface area contributed by atoms with Gasteiger partial charge in [-0.1, -0.05) is 6.07 Å². The van der Waals surface area contributed by atoms with Crippen molar-refractivity contribution in [1.29, 1.82) is 0 Å². The van der Waals surface area contributed by atoms with Crippen molar-refractivity contribution in [1.82, 2.24) is 9.97 Å². The van der Waals surface area contributed by atoms with Crippen LogP contribution in [0.2, 0.25) is 0 Å². The summed E-state index contributed by atoms with van der Waals surface area (Å²) >= 11 is 0. The third-order valence-corrected chi connectivity index (χ3v) is 3.34. The van der Waals surface area contributed by atoms with Crippen molar-refractivity contribution < 1.29 is 9.84 Å². The number of pyridine rings is 2. The molecule has 4 nitrogen and oxygen atoms in total. The average Bonchev–Trinajstić information content (AvgIpc) is 2.46. The maximum Gasteiger partial charge on any atom is 0.145 e. The first kappa shape index (κ1) is 10.3. The molecule has 1 aromatic carbocycles. The molecule has 0 bridgehead atoms. The van der Waals surface area contributed by atoms with Crippen molar-refractivity contribution >= 4 is 33.8 Å². The molecule has 4 rings (SSSR count). The molecule has 0 saturated heterocycles. The Balaban J connectivity index is 2.28. The van der Waals surface area contributed by atoms with Gasteiger partial charge in [-0.2, -0.15) is 0 Å². The molecule has 0 fully saturated rings. The summed E-state index contributed by atoms with van der Waals surface area (Å²) in [5, 5.41) is 13.3. The number of fused-ring (bicyclic) bond motifs is 4. The van der Waals surface area contributed by atoms with Crippen molar-refractivity contribution in [3.05, 3.63) is 47.1 Å². The summed E-state index contributed by atoms with van der Waals surface area (Å²) in [6.07, 6.45) is 3.35. The van der Waals surface area contributed by atoms with E-state index in [0.29, 0.717) is 5.35 Å². The molecule has 0 atom stereocenters. The van der Waals surface area contributed by atoms with E-state index in [0.717, 1.165) is 27.0 Å². The Labute approximate surface area is 108 Å². The highest BCUT2D eigenvalue weighted by Crippen LogP contribution is 2.20. The fourth-order valence-corrected chi connectivity index (χ4v) is 2.42. The van der Waals surface area contributed by atoms with Crippen molar-refractivity contribution in [3.63, 3.8) is 0 Å². The molecule has 0 radical (unpaired) electrons. The predicted molar refractivity (Wildman–Crippen MR) is 72.7 cm³/mol. The van der Waals surface area contributed by atoms with Crippen LogP contribution < -0.4 is 10.6 Å². The molecule has 19 heavy (non-hydrogen) atoms. The van der Waals surface area contributed by atoms with Gasteiger partial charge in [0.25, 0.3) is 0 Å². The minimum atomic E-state index is 0.198. The van der Waals surface area contributed by atoms with Crippen LogP contribution in [0.25, 0.3) is 33.8 Å². The first-order chi connectivity index (χ1) is 9.33. The van der Waals surface area contributed by atoms with Crippen molar-refractivity contribution in [2.45, 2.75) is 0 Å². The molecular weight excluding hydrogens is 240 g/mol. The van der Waals surface area contributed by atoms with Gasteiger partial charge in [0.05, 0.1) is 11.0 Å². The molecule has 2 aromatic heterocycles. The standard InChI is InChI=1S/C15H10N2O2/c18-15-8-19-7-14-11(15)6-10-9-2-1-5-16-12(9)3-4-13(10)17-14/h1-7,18H,8H2. The second-order valence-electron chi connectivity index (χ2n) is 4.50. The van der Waals surface area contributed by atoms with Crippen molar-refractivity contribution in [2.24, 2.45) is 0 Å². The maximum absolute atomic E-state index is 9.91. The SMILES string of the molecule is OC1=c2cc3c(ccc4ncccc43)nc2=COC1. The summed E-state index contributed by atoms with van der Waals surface area (Å²) in [4.78, 5) is 8.86. The van der Waals surface area contributed by atoms with Gasteiger partial charge >= 0.3 is 0 Å². The lowest BCUT2D eigenvalue weighted by molar-refractivity contribution is 0.294. The molecule has 0 saturated carbocycles. The number of benzene rings is 1. The van der Waals surface area contributed by atoms with Gasteiger partial charge in [-0.3, -0.25) is 4.98 Å². The van der Waals surface area contributed by atoms with Crippen LogP contribution in [0.5, 0.6) is 0 Å². The number of aromatic nitrogens is 2. The van der Waals surface area contributed by atoms with Gasteiger partial charge in [0.2, 0.25) is 0 Å². The summed E-state index contributed by atoms with van der Waals surface area (Å²) in [7, 11) is 0. The van der Waals surface area contributed by atoms with E-state index >= 15 is 0 Å². The Morgan fingerprint density at radius 1 is 1.11 bits per heavy atom. The topological polar surface area (TPSA) is 55.2 Å². The van der Waals surface area contributed by atoms with E-state index in [-0.39, 0.29) is 12.4 Å². The van der Waals surface area contributed by atoms with Gasteiger partial charge in [0.15, 0.2) is 0 Å². The summed E-state index contributed by atoms with van der Waals surface area (Å²) in [5.74, 6) is 0.216. The van der Waals surface area contributed by atoms with Crippen LogP contribution in [-0.2, 0) is 4.74 Å². The van der Waals surface area contributed by atoms with Gasteiger partial charge in [-0.15, -0.1) is 0 Å². The molecule has 0 spiro atoms. The van der Waals surface area contributed by atoms with E-state index in [1.807, 2.05) is 30.3 Å². The minimum absolute atomic E-state index is 0.198. The zero-order chi connectivity index (χ0) is 12.8. The van der Waals surface area contributed by atoms with E-state index < -0.39 is 0 Å². The highest BCUT2D eigenvalue weighted by atomic mass is 16.5. The van der Waals surface area contributed by atoms with Crippen LogP contribution in [0.4, 0.5) is 0 Å².